The molecule has 1 aromatic rings. The summed E-state index contributed by atoms with van der Waals surface area (Å²) in [5.74, 6) is -0.149. The molecule has 3 atom stereocenters. The third-order valence-corrected chi connectivity index (χ3v) is 5.72. The van der Waals surface area contributed by atoms with Crippen molar-refractivity contribution in [3.8, 4) is 0 Å². The van der Waals surface area contributed by atoms with Crippen molar-refractivity contribution in [3.63, 3.8) is 0 Å². The number of halogens is 1. The summed E-state index contributed by atoms with van der Waals surface area (Å²) < 4.78 is 5.14. The van der Waals surface area contributed by atoms with E-state index in [-0.39, 0.29) is 42.1 Å². The zero-order valence-electron chi connectivity index (χ0n) is 16.0. The molecule has 3 rings (SSSR count). The summed E-state index contributed by atoms with van der Waals surface area (Å²) >= 11 is 0. The van der Waals surface area contributed by atoms with Crippen LogP contribution in [0.1, 0.15) is 50.3 Å². The van der Waals surface area contributed by atoms with Crippen molar-refractivity contribution in [1.82, 2.24) is 10.2 Å². The second-order valence-electron chi connectivity index (χ2n) is 7.59. The molecule has 1 saturated heterocycles. The number of carbonyl (C=O) groups is 2. The summed E-state index contributed by atoms with van der Waals surface area (Å²) in [4.78, 5) is 26.5. The number of cyclic esters (lactones) is 1. The van der Waals surface area contributed by atoms with E-state index in [4.69, 9.17) is 4.74 Å². The Kier molecular flexibility index (Phi) is 6.69. The number of nitrogens with zero attached hydrogens (tertiary/aromatic N) is 1. The second kappa shape index (κ2) is 8.40. The van der Waals surface area contributed by atoms with Crippen molar-refractivity contribution in [2.75, 3.05) is 13.2 Å². The second-order valence-corrected chi connectivity index (χ2v) is 7.59. The lowest BCUT2D eigenvalue weighted by Crippen LogP contribution is -2.45. The van der Waals surface area contributed by atoms with Crippen molar-refractivity contribution in [3.05, 3.63) is 34.9 Å². The van der Waals surface area contributed by atoms with Gasteiger partial charge in [-0.25, -0.2) is 9.69 Å². The van der Waals surface area contributed by atoms with Gasteiger partial charge in [-0.2, -0.15) is 0 Å². The van der Waals surface area contributed by atoms with Gasteiger partial charge in [0.1, 0.15) is 6.61 Å². The van der Waals surface area contributed by atoms with Gasteiger partial charge in [0.25, 0.3) is 0 Å². The third-order valence-electron chi connectivity index (χ3n) is 5.72. The lowest BCUT2D eigenvalue weighted by atomic mass is 9.82. The highest BCUT2D eigenvalue weighted by atomic mass is 35.5. The molecule has 1 aromatic carbocycles. The van der Waals surface area contributed by atoms with Gasteiger partial charge in [0, 0.05) is 12.5 Å². The zero-order chi connectivity index (χ0) is 18.1. The molecular weight excluding hydrogens is 352 g/mol. The molecule has 0 aliphatic carbocycles. The zero-order valence-corrected chi connectivity index (χ0v) is 16.8. The third kappa shape index (κ3) is 3.74. The molecule has 0 radical (unpaired) electrons. The molecule has 0 bridgehead atoms. The van der Waals surface area contributed by atoms with Crippen molar-refractivity contribution in [2.45, 2.75) is 52.6 Å². The van der Waals surface area contributed by atoms with Crippen LogP contribution in [0.5, 0.6) is 0 Å². The topological polar surface area (TPSA) is 58.6 Å². The lowest BCUT2D eigenvalue weighted by molar-refractivity contribution is -0.134. The van der Waals surface area contributed by atoms with Crippen molar-refractivity contribution < 1.29 is 14.3 Å². The van der Waals surface area contributed by atoms with Gasteiger partial charge in [0.05, 0.1) is 6.04 Å². The molecule has 2 unspecified atom stereocenters. The molecule has 5 nitrogen and oxygen atoms in total. The van der Waals surface area contributed by atoms with Crippen LogP contribution in [0.2, 0.25) is 0 Å². The summed E-state index contributed by atoms with van der Waals surface area (Å²) in [6, 6.07) is 6.18. The minimum atomic E-state index is -0.498. The van der Waals surface area contributed by atoms with E-state index in [1.165, 1.54) is 21.6 Å². The summed E-state index contributed by atoms with van der Waals surface area (Å²) in [5, 5.41) is 3.39. The van der Waals surface area contributed by atoms with E-state index in [1.54, 1.807) is 0 Å². The van der Waals surface area contributed by atoms with E-state index in [1.807, 2.05) is 20.8 Å². The van der Waals surface area contributed by atoms with Crippen LogP contribution >= 0.6 is 12.4 Å². The van der Waals surface area contributed by atoms with Crippen LogP contribution in [-0.4, -0.2) is 36.1 Å². The fourth-order valence-corrected chi connectivity index (χ4v) is 3.87. The Morgan fingerprint density at radius 1 is 1.27 bits per heavy atom. The van der Waals surface area contributed by atoms with Crippen LogP contribution in [0.25, 0.3) is 0 Å². The molecule has 0 spiro atoms. The molecule has 6 heteroatoms. The van der Waals surface area contributed by atoms with Crippen molar-refractivity contribution >= 4 is 24.4 Å². The predicted octanol–water partition coefficient (Wildman–Crippen LogP) is 3.50. The number of hydrogen-bond donors (Lipinski definition) is 1. The number of imide groups is 1. The molecule has 144 valence electrons. The Bertz CT molecular complexity index is 677. The monoisotopic (exact) mass is 380 g/mol. The maximum absolute atomic E-state index is 13.1. The Morgan fingerprint density at radius 3 is 2.69 bits per heavy atom. The average Bonchev–Trinajstić information content (AvgIpc) is 3.01. The molecular formula is C20H29ClN2O3. The fraction of sp³-hybridized carbons (Fsp3) is 0.600. The molecule has 2 aliphatic rings. The number of ether oxygens (including phenoxy) is 1. The summed E-state index contributed by atoms with van der Waals surface area (Å²) in [6.07, 6.45) is 0.485. The first-order valence-corrected chi connectivity index (χ1v) is 9.23. The van der Waals surface area contributed by atoms with Crippen LogP contribution in [-0.2, 0) is 22.5 Å². The Morgan fingerprint density at radius 2 is 2.00 bits per heavy atom. The van der Waals surface area contributed by atoms with Crippen LogP contribution in [0.3, 0.4) is 0 Å². The van der Waals surface area contributed by atoms with E-state index in [0.29, 0.717) is 6.61 Å². The number of hydrogen-bond acceptors (Lipinski definition) is 4. The number of benzene rings is 1. The summed E-state index contributed by atoms with van der Waals surface area (Å²) in [7, 11) is 0. The summed E-state index contributed by atoms with van der Waals surface area (Å²) in [5.41, 5.74) is 3.90. The van der Waals surface area contributed by atoms with E-state index < -0.39 is 6.09 Å². The molecule has 2 aliphatic heterocycles. The average molecular weight is 381 g/mol. The quantitative estimate of drug-likeness (QED) is 0.868. The van der Waals surface area contributed by atoms with Crippen LogP contribution < -0.4 is 5.32 Å². The maximum Gasteiger partial charge on any atom is 0.416 e. The van der Waals surface area contributed by atoms with Crippen molar-refractivity contribution in [1.29, 1.82) is 0 Å². The standard InChI is InChI=1S/C20H28N2O3.ClH/c1-12(2)18-11-25-20(24)22(18)19(23)14(4)13(3)16-7-5-6-15-10-21-9-8-17(15)16;/h5-7,12-14,18,21H,8-11H2,1-4H3;1H/t13?,14?,18-;/m1./s1. The Labute approximate surface area is 161 Å². The Balaban J connectivity index is 0.00000243. The van der Waals surface area contributed by atoms with E-state index >= 15 is 0 Å². The number of carbonyl (C=O) groups excluding carboxylic acids is 2. The molecule has 2 amide bonds. The highest BCUT2D eigenvalue weighted by Gasteiger charge is 2.42. The predicted molar refractivity (Wildman–Crippen MR) is 103 cm³/mol. The van der Waals surface area contributed by atoms with Gasteiger partial charge in [0.15, 0.2) is 0 Å². The molecule has 2 heterocycles. The first-order chi connectivity index (χ1) is 11.9. The Hall–Kier alpha value is -1.59. The van der Waals surface area contributed by atoms with Crippen molar-refractivity contribution in [2.24, 2.45) is 11.8 Å². The first kappa shape index (κ1) is 20.7. The molecule has 0 saturated carbocycles. The minimum Gasteiger partial charge on any atom is -0.447 e. The highest BCUT2D eigenvalue weighted by molar-refractivity contribution is 5.95. The first-order valence-electron chi connectivity index (χ1n) is 9.23. The van der Waals surface area contributed by atoms with Gasteiger partial charge >= 0.3 is 6.09 Å². The lowest BCUT2D eigenvalue weighted by Gasteiger charge is -2.30. The van der Waals surface area contributed by atoms with Gasteiger partial charge in [-0.15, -0.1) is 12.4 Å². The number of amides is 2. The normalized spacial score (nSPS) is 21.7. The smallest absolute Gasteiger partial charge is 0.416 e. The van der Waals surface area contributed by atoms with Gasteiger partial charge in [0.2, 0.25) is 5.91 Å². The molecule has 1 N–H and O–H groups in total. The maximum atomic E-state index is 13.1. The van der Waals surface area contributed by atoms with E-state index in [2.05, 4.69) is 30.4 Å². The van der Waals surface area contributed by atoms with Gasteiger partial charge in [-0.3, -0.25) is 4.79 Å². The highest BCUT2D eigenvalue weighted by Crippen LogP contribution is 2.33. The number of nitrogens with one attached hydrogen (secondary N) is 1. The molecule has 1 fully saturated rings. The SMILES string of the molecule is CC(C(=O)N1C(=O)OC[C@@H]1C(C)C)C(C)c1cccc2c1CCNC2.Cl. The fourth-order valence-electron chi connectivity index (χ4n) is 3.87. The number of rotatable bonds is 4. The summed E-state index contributed by atoms with van der Waals surface area (Å²) in [6.45, 7) is 10.2. The van der Waals surface area contributed by atoms with Gasteiger partial charge < -0.3 is 10.1 Å². The van der Waals surface area contributed by atoms with Crippen LogP contribution in [0.15, 0.2) is 18.2 Å². The van der Waals surface area contributed by atoms with Crippen LogP contribution in [0, 0.1) is 11.8 Å². The largest absolute Gasteiger partial charge is 0.447 e. The van der Waals surface area contributed by atoms with Crippen LogP contribution in [0.4, 0.5) is 4.79 Å². The molecule has 26 heavy (non-hydrogen) atoms. The van der Waals surface area contributed by atoms with Gasteiger partial charge in [-0.05, 0) is 41.5 Å². The minimum absolute atomic E-state index is 0. The van der Waals surface area contributed by atoms with Gasteiger partial charge in [-0.1, -0.05) is 45.9 Å². The van der Waals surface area contributed by atoms with E-state index in [0.717, 1.165) is 19.5 Å². The molecule has 0 aromatic heterocycles. The number of fused-ring (bicyclic) bond motifs is 1. The van der Waals surface area contributed by atoms with E-state index in [9.17, 15) is 9.59 Å².